The maximum absolute atomic E-state index is 13.6. The lowest BCUT2D eigenvalue weighted by Crippen LogP contribution is -2.54. The van der Waals surface area contributed by atoms with E-state index in [1.807, 2.05) is 20.8 Å². The van der Waals surface area contributed by atoms with E-state index in [2.05, 4.69) is 10.6 Å². The minimum absolute atomic E-state index is 0.0632. The van der Waals surface area contributed by atoms with Gasteiger partial charge in [-0.3, -0.25) is 14.4 Å². The molecule has 0 aliphatic carbocycles. The van der Waals surface area contributed by atoms with Crippen LogP contribution in [0.2, 0.25) is 0 Å². The predicted molar refractivity (Wildman–Crippen MR) is 128 cm³/mol. The van der Waals surface area contributed by atoms with Crippen molar-refractivity contribution in [2.45, 2.75) is 84.5 Å². The average molecular weight is 479 g/mol. The lowest BCUT2D eigenvalue weighted by Gasteiger charge is -2.35. The Bertz CT molecular complexity index is 888. The third kappa shape index (κ3) is 9.68. The molecule has 1 aromatic rings. The van der Waals surface area contributed by atoms with Gasteiger partial charge in [-0.2, -0.15) is 0 Å². The first-order valence-electron chi connectivity index (χ1n) is 11.2. The van der Waals surface area contributed by atoms with Crippen molar-refractivity contribution in [1.29, 1.82) is 0 Å². The third-order valence-corrected chi connectivity index (χ3v) is 4.54. The van der Waals surface area contributed by atoms with Gasteiger partial charge in [-0.25, -0.2) is 4.79 Å². The zero-order valence-corrected chi connectivity index (χ0v) is 21.1. The number of primary amides is 1. The number of hydrogen-bond donors (Lipinski definition) is 4. The van der Waals surface area contributed by atoms with Crippen molar-refractivity contribution < 1.29 is 29.0 Å². The fourth-order valence-corrected chi connectivity index (χ4v) is 3.27. The second-order valence-corrected chi connectivity index (χ2v) is 10.1. The highest BCUT2D eigenvalue weighted by atomic mass is 16.6. The van der Waals surface area contributed by atoms with Crippen molar-refractivity contribution in [3.8, 4) is 5.75 Å². The Kier molecular flexibility index (Phi) is 9.90. The Labute approximate surface area is 201 Å². The minimum atomic E-state index is -1.16. The normalized spacial score (nSPS) is 13.4. The molecule has 0 saturated heterocycles. The highest BCUT2D eigenvalue weighted by Gasteiger charge is 2.36. The van der Waals surface area contributed by atoms with Gasteiger partial charge in [-0.05, 0) is 72.6 Å². The second-order valence-electron chi connectivity index (χ2n) is 10.1. The molecule has 0 fully saturated rings. The Morgan fingerprint density at radius 3 is 2.21 bits per heavy atom. The summed E-state index contributed by atoms with van der Waals surface area (Å²) in [6.45, 7) is 12.3. The molecular weight excluding hydrogens is 440 g/mol. The van der Waals surface area contributed by atoms with E-state index in [1.165, 1.54) is 17.0 Å². The Hall–Kier alpha value is -3.30. The molecule has 0 saturated carbocycles. The number of carbonyl (C=O) groups excluding carboxylic acids is 4. The summed E-state index contributed by atoms with van der Waals surface area (Å²) in [5, 5.41) is 15.4. The van der Waals surface area contributed by atoms with E-state index in [9.17, 15) is 24.3 Å². The van der Waals surface area contributed by atoms with Gasteiger partial charge in [-0.15, -0.1) is 0 Å². The number of phenols is 1. The number of amides is 4. The number of phenolic OH excluding ortho intramolecular Hbond substituents is 1. The number of benzene rings is 1. The van der Waals surface area contributed by atoms with Crippen molar-refractivity contribution in [1.82, 2.24) is 15.5 Å². The summed E-state index contributed by atoms with van der Waals surface area (Å²) >= 11 is 0. The molecule has 0 aromatic heterocycles. The average Bonchev–Trinajstić information content (AvgIpc) is 2.65. The van der Waals surface area contributed by atoms with E-state index in [0.717, 1.165) is 0 Å². The van der Waals surface area contributed by atoms with Crippen LogP contribution in [0.5, 0.6) is 5.75 Å². The summed E-state index contributed by atoms with van der Waals surface area (Å²) in [4.78, 5) is 52.0. The van der Waals surface area contributed by atoms with E-state index in [1.54, 1.807) is 39.8 Å². The number of carbonyl (C=O) groups is 4. The molecule has 1 aromatic carbocycles. The SMILES string of the molecule is CCN(C(=O)C(CCC(N)=O)NC(=O)OC(C)(C)C)C(C(=O)NC(C)(C)C)c1cccc(O)c1. The topological polar surface area (TPSA) is 151 Å². The number of rotatable bonds is 9. The van der Waals surface area contributed by atoms with Gasteiger partial charge in [-0.1, -0.05) is 12.1 Å². The highest BCUT2D eigenvalue weighted by molar-refractivity contribution is 5.92. The molecule has 4 amide bonds. The molecule has 2 unspecified atom stereocenters. The first-order chi connectivity index (χ1) is 15.5. The second kappa shape index (κ2) is 11.7. The smallest absolute Gasteiger partial charge is 0.408 e. The summed E-state index contributed by atoms with van der Waals surface area (Å²) in [5.41, 5.74) is 4.27. The van der Waals surface area contributed by atoms with E-state index in [4.69, 9.17) is 10.5 Å². The number of likely N-dealkylation sites (N-methyl/N-ethyl adjacent to an activating group) is 1. The lowest BCUT2D eigenvalue weighted by atomic mass is 9.99. The van der Waals surface area contributed by atoms with Crippen molar-refractivity contribution in [2.75, 3.05) is 6.54 Å². The number of aromatic hydroxyl groups is 1. The lowest BCUT2D eigenvalue weighted by molar-refractivity contribution is -0.143. The zero-order chi connectivity index (χ0) is 26.3. The maximum Gasteiger partial charge on any atom is 0.408 e. The number of nitrogens with one attached hydrogen (secondary N) is 2. The van der Waals surface area contributed by atoms with Crippen LogP contribution in [-0.4, -0.2) is 57.5 Å². The molecule has 0 aliphatic rings. The van der Waals surface area contributed by atoms with Crippen LogP contribution in [0.15, 0.2) is 24.3 Å². The van der Waals surface area contributed by atoms with Crippen LogP contribution in [0.1, 0.15) is 72.9 Å². The van der Waals surface area contributed by atoms with Gasteiger partial charge in [0.05, 0.1) is 0 Å². The number of nitrogens with two attached hydrogens (primary N) is 1. The highest BCUT2D eigenvalue weighted by Crippen LogP contribution is 2.26. The molecule has 0 aliphatic heterocycles. The van der Waals surface area contributed by atoms with Gasteiger partial charge >= 0.3 is 6.09 Å². The van der Waals surface area contributed by atoms with Crippen LogP contribution in [-0.2, 0) is 19.1 Å². The fourth-order valence-electron chi connectivity index (χ4n) is 3.27. The van der Waals surface area contributed by atoms with Crippen LogP contribution >= 0.6 is 0 Å². The Morgan fingerprint density at radius 2 is 1.74 bits per heavy atom. The van der Waals surface area contributed by atoms with E-state index in [-0.39, 0.29) is 25.1 Å². The molecule has 0 bridgehead atoms. The van der Waals surface area contributed by atoms with Gasteiger partial charge in [0, 0.05) is 18.5 Å². The van der Waals surface area contributed by atoms with Gasteiger partial charge in [0.1, 0.15) is 23.4 Å². The van der Waals surface area contributed by atoms with Crippen molar-refractivity contribution in [3.05, 3.63) is 29.8 Å². The van der Waals surface area contributed by atoms with Gasteiger partial charge < -0.3 is 31.1 Å². The van der Waals surface area contributed by atoms with Crippen LogP contribution in [0, 0.1) is 0 Å². The minimum Gasteiger partial charge on any atom is -0.508 e. The number of hydrogen-bond acceptors (Lipinski definition) is 6. The third-order valence-electron chi connectivity index (χ3n) is 4.54. The molecule has 0 heterocycles. The van der Waals surface area contributed by atoms with Gasteiger partial charge in [0.25, 0.3) is 0 Å². The van der Waals surface area contributed by atoms with Gasteiger partial charge in [0.15, 0.2) is 0 Å². The summed E-state index contributed by atoms with van der Waals surface area (Å²) in [6.07, 6.45) is -1.06. The number of ether oxygens (including phenoxy) is 1. The summed E-state index contributed by atoms with van der Waals surface area (Å²) < 4.78 is 5.26. The predicted octanol–water partition coefficient (Wildman–Crippen LogP) is 2.36. The number of nitrogens with zero attached hydrogens (tertiary/aromatic N) is 1. The van der Waals surface area contributed by atoms with E-state index < -0.39 is 47.0 Å². The van der Waals surface area contributed by atoms with Crippen molar-refractivity contribution >= 4 is 23.8 Å². The summed E-state index contributed by atoms with van der Waals surface area (Å²) in [6, 6.07) is 3.80. The molecule has 34 heavy (non-hydrogen) atoms. The van der Waals surface area contributed by atoms with Crippen molar-refractivity contribution in [2.24, 2.45) is 5.73 Å². The number of alkyl carbamates (subject to hydrolysis) is 1. The monoisotopic (exact) mass is 478 g/mol. The molecule has 1 rings (SSSR count). The molecule has 190 valence electrons. The van der Waals surface area contributed by atoms with Crippen LogP contribution in [0.4, 0.5) is 4.79 Å². The Morgan fingerprint density at radius 1 is 1.12 bits per heavy atom. The first kappa shape index (κ1) is 28.7. The van der Waals surface area contributed by atoms with Crippen molar-refractivity contribution in [3.63, 3.8) is 0 Å². The fraction of sp³-hybridized carbons (Fsp3) is 0.583. The first-order valence-corrected chi connectivity index (χ1v) is 11.2. The van der Waals surface area contributed by atoms with Crippen LogP contribution in [0.3, 0.4) is 0 Å². The van der Waals surface area contributed by atoms with E-state index in [0.29, 0.717) is 5.56 Å². The molecule has 2 atom stereocenters. The van der Waals surface area contributed by atoms with Gasteiger partial charge in [0.2, 0.25) is 17.7 Å². The molecular formula is C24H38N4O6. The maximum atomic E-state index is 13.6. The molecule has 0 spiro atoms. The summed E-state index contributed by atoms with van der Waals surface area (Å²) in [5.74, 6) is -1.75. The quantitative estimate of drug-likeness (QED) is 0.428. The standard InChI is InChI=1S/C24H38N4O6/c1-8-28(19(20(31)27-23(2,3)4)15-10-9-11-16(29)14-15)21(32)17(12-13-18(25)30)26-22(33)34-24(5,6)7/h9-11,14,17,19,29H,8,12-13H2,1-7H3,(H2,25,30)(H,26,33)(H,27,31). The van der Waals surface area contributed by atoms with E-state index >= 15 is 0 Å². The van der Waals surface area contributed by atoms with Crippen LogP contribution < -0.4 is 16.4 Å². The molecule has 10 heteroatoms. The zero-order valence-electron chi connectivity index (χ0n) is 21.1. The molecule has 5 N–H and O–H groups in total. The molecule has 10 nitrogen and oxygen atoms in total. The van der Waals surface area contributed by atoms with Crippen LogP contribution in [0.25, 0.3) is 0 Å². The molecule has 0 radical (unpaired) electrons. The Balaban J connectivity index is 3.39. The summed E-state index contributed by atoms with van der Waals surface area (Å²) in [7, 11) is 0. The largest absolute Gasteiger partial charge is 0.508 e.